The molecule has 1 saturated carbocycles. The molecule has 84 valence electrons. The summed E-state index contributed by atoms with van der Waals surface area (Å²) in [6, 6.07) is -0.801. The van der Waals surface area contributed by atoms with E-state index >= 15 is 0 Å². The van der Waals surface area contributed by atoms with E-state index in [1.165, 1.54) is 11.3 Å². The number of carbonyl (C=O) groups is 2. The molecule has 0 aromatic heterocycles. The molecule has 15 heavy (non-hydrogen) atoms. The first-order valence-corrected chi connectivity index (χ1v) is 5.39. The smallest absolute Gasteiger partial charge is 0.326 e. The predicted molar refractivity (Wildman–Crippen MR) is 53.5 cm³/mol. The van der Waals surface area contributed by atoms with E-state index in [2.05, 4.69) is 5.32 Å². The summed E-state index contributed by atoms with van der Waals surface area (Å²) < 4.78 is 0. The fourth-order valence-corrected chi connectivity index (χ4v) is 2.16. The molecule has 2 unspecified atom stereocenters. The maximum Gasteiger partial charge on any atom is 0.326 e. The van der Waals surface area contributed by atoms with Crippen LogP contribution in [-0.2, 0) is 4.79 Å². The van der Waals surface area contributed by atoms with Crippen LogP contribution in [0.3, 0.4) is 0 Å². The zero-order valence-corrected chi connectivity index (χ0v) is 8.77. The molecule has 0 aromatic carbocycles. The lowest BCUT2D eigenvalue weighted by molar-refractivity contribution is -0.141. The third-order valence-corrected chi connectivity index (χ3v) is 3.51. The molecule has 0 aromatic rings. The van der Waals surface area contributed by atoms with Crippen molar-refractivity contribution in [2.75, 3.05) is 6.54 Å². The number of urea groups is 1. The molecule has 5 nitrogen and oxygen atoms in total. The van der Waals surface area contributed by atoms with E-state index < -0.39 is 12.0 Å². The monoisotopic (exact) mass is 212 g/mol. The first-order chi connectivity index (χ1) is 7.09. The largest absolute Gasteiger partial charge is 0.480 e. The van der Waals surface area contributed by atoms with E-state index in [0.29, 0.717) is 12.5 Å². The molecule has 2 N–H and O–H groups in total. The van der Waals surface area contributed by atoms with Crippen molar-refractivity contribution in [3.8, 4) is 0 Å². The first-order valence-electron chi connectivity index (χ1n) is 5.39. The van der Waals surface area contributed by atoms with Crippen molar-refractivity contribution in [1.82, 2.24) is 10.2 Å². The number of nitrogens with one attached hydrogen (secondary N) is 1. The Morgan fingerprint density at radius 2 is 2.27 bits per heavy atom. The van der Waals surface area contributed by atoms with Crippen LogP contribution in [0.1, 0.15) is 26.2 Å². The first kappa shape index (κ1) is 10.3. The predicted octanol–water partition coefficient (Wildman–Crippen LogP) is 0.653. The molecule has 2 fully saturated rings. The van der Waals surface area contributed by atoms with E-state index in [1.54, 1.807) is 6.92 Å². The standard InChI is InChI=1S/C10H16N2O3/c1-6(9(13)14)12-5-8(11-10(12)15)7-3-2-4-7/h6-8H,2-5H2,1H3,(H,11,15)(H,13,14). The summed E-state index contributed by atoms with van der Waals surface area (Å²) in [5.41, 5.74) is 0. The van der Waals surface area contributed by atoms with E-state index in [1.807, 2.05) is 0 Å². The van der Waals surface area contributed by atoms with Gasteiger partial charge in [-0.15, -0.1) is 0 Å². The second-order valence-corrected chi connectivity index (χ2v) is 4.41. The molecule has 1 saturated heterocycles. The van der Waals surface area contributed by atoms with E-state index in [-0.39, 0.29) is 12.1 Å². The van der Waals surface area contributed by atoms with Gasteiger partial charge >= 0.3 is 12.0 Å². The third-order valence-electron chi connectivity index (χ3n) is 3.51. The second kappa shape index (κ2) is 3.72. The van der Waals surface area contributed by atoms with Gasteiger partial charge in [-0.05, 0) is 25.7 Å². The summed E-state index contributed by atoms with van der Waals surface area (Å²) in [5.74, 6) is -0.389. The Balaban J connectivity index is 1.97. The molecule has 1 heterocycles. The minimum absolute atomic E-state index is 0.160. The lowest BCUT2D eigenvalue weighted by atomic mass is 9.80. The van der Waals surface area contributed by atoms with E-state index in [4.69, 9.17) is 5.11 Å². The van der Waals surface area contributed by atoms with Crippen LogP contribution in [0.15, 0.2) is 0 Å². The molecule has 1 aliphatic carbocycles. The fraction of sp³-hybridized carbons (Fsp3) is 0.800. The summed E-state index contributed by atoms with van der Waals surface area (Å²) in [7, 11) is 0. The highest BCUT2D eigenvalue weighted by atomic mass is 16.4. The van der Waals surface area contributed by atoms with Gasteiger partial charge in [0.2, 0.25) is 0 Å². The summed E-state index contributed by atoms with van der Waals surface area (Å²) in [6.07, 6.45) is 3.53. The minimum atomic E-state index is -0.945. The van der Waals surface area contributed by atoms with Crippen molar-refractivity contribution in [2.24, 2.45) is 5.92 Å². The maximum atomic E-state index is 11.5. The number of carboxylic acid groups (broad SMARTS) is 1. The van der Waals surface area contributed by atoms with Crippen LogP contribution < -0.4 is 5.32 Å². The highest BCUT2D eigenvalue weighted by molar-refractivity contribution is 5.84. The van der Waals surface area contributed by atoms with Crippen LogP contribution in [0.4, 0.5) is 4.79 Å². The van der Waals surface area contributed by atoms with Crippen LogP contribution in [-0.4, -0.2) is 40.6 Å². The number of carboxylic acids is 1. The van der Waals surface area contributed by atoms with Gasteiger partial charge in [-0.3, -0.25) is 0 Å². The third kappa shape index (κ3) is 1.78. The van der Waals surface area contributed by atoms with Crippen LogP contribution in [0, 0.1) is 5.92 Å². The lowest BCUT2D eigenvalue weighted by Crippen LogP contribution is -2.41. The van der Waals surface area contributed by atoms with Crippen molar-refractivity contribution in [2.45, 2.75) is 38.3 Å². The van der Waals surface area contributed by atoms with E-state index in [9.17, 15) is 9.59 Å². The van der Waals surface area contributed by atoms with Gasteiger partial charge in [-0.1, -0.05) is 6.42 Å². The molecule has 0 bridgehead atoms. The average molecular weight is 212 g/mol. The molecule has 2 rings (SSSR count). The van der Waals surface area contributed by atoms with Gasteiger partial charge in [0.25, 0.3) is 0 Å². The summed E-state index contributed by atoms with van der Waals surface area (Å²) >= 11 is 0. The number of aliphatic carboxylic acids is 1. The molecule has 0 spiro atoms. The van der Waals surface area contributed by atoms with Gasteiger partial charge in [0.1, 0.15) is 6.04 Å². The normalized spacial score (nSPS) is 28.5. The average Bonchev–Trinajstić information content (AvgIpc) is 2.42. The fourth-order valence-electron chi connectivity index (χ4n) is 2.16. The summed E-state index contributed by atoms with van der Waals surface area (Å²) in [6.45, 7) is 2.09. The van der Waals surface area contributed by atoms with Crippen LogP contribution in [0.2, 0.25) is 0 Å². The van der Waals surface area contributed by atoms with E-state index in [0.717, 1.165) is 12.8 Å². The zero-order chi connectivity index (χ0) is 11.0. The number of rotatable bonds is 3. The Hall–Kier alpha value is -1.26. The second-order valence-electron chi connectivity index (χ2n) is 4.41. The van der Waals surface area contributed by atoms with Gasteiger partial charge in [-0.25, -0.2) is 9.59 Å². The minimum Gasteiger partial charge on any atom is -0.480 e. The summed E-state index contributed by atoms with van der Waals surface area (Å²) in [4.78, 5) is 23.7. The highest BCUT2D eigenvalue weighted by Gasteiger charge is 2.39. The molecule has 5 heteroatoms. The SMILES string of the molecule is CC(C(=O)O)N1CC(C2CCC2)NC1=O. The van der Waals surface area contributed by atoms with Crippen LogP contribution in [0.25, 0.3) is 0 Å². The highest BCUT2D eigenvalue weighted by Crippen LogP contribution is 2.32. The molecular formula is C10H16N2O3. The number of amides is 2. The quantitative estimate of drug-likeness (QED) is 0.721. The van der Waals surface area contributed by atoms with Crippen molar-refractivity contribution >= 4 is 12.0 Å². The molecule has 1 aliphatic heterocycles. The molecule has 2 atom stereocenters. The molecule has 0 radical (unpaired) electrons. The Morgan fingerprint density at radius 3 is 2.73 bits per heavy atom. The Bertz CT molecular complexity index is 288. The number of hydrogen-bond donors (Lipinski definition) is 2. The van der Waals surface area contributed by atoms with Crippen molar-refractivity contribution < 1.29 is 14.7 Å². The topological polar surface area (TPSA) is 69.6 Å². The van der Waals surface area contributed by atoms with Gasteiger partial charge in [0.15, 0.2) is 0 Å². The molecule has 2 aliphatic rings. The molecule has 2 amide bonds. The summed E-state index contributed by atoms with van der Waals surface area (Å²) in [5, 5.41) is 11.7. The maximum absolute atomic E-state index is 11.5. The van der Waals surface area contributed by atoms with Gasteiger partial charge < -0.3 is 15.3 Å². The van der Waals surface area contributed by atoms with Gasteiger partial charge in [0.05, 0.1) is 6.04 Å². The Kier molecular flexibility index (Phi) is 2.54. The Morgan fingerprint density at radius 1 is 1.60 bits per heavy atom. The van der Waals surface area contributed by atoms with Crippen LogP contribution in [0.5, 0.6) is 0 Å². The Labute approximate surface area is 88.4 Å². The van der Waals surface area contributed by atoms with Gasteiger partial charge in [-0.2, -0.15) is 0 Å². The lowest BCUT2D eigenvalue weighted by Gasteiger charge is -2.30. The number of hydrogen-bond acceptors (Lipinski definition) is 2. The number of carbonyl (C=O) groups excluding carboxylic acids is 1. The van der Waals surface area contributed by atoms with Crippen molar-refractivity contribution in [3.63, 3.8) is 0 Å². The van der Waals surface area contributed by atoms with Gasteiger partial charge in [0, 0.05) is 6.54 Å². The number of nitrogens with zero attached hydrogens (tertiary/aromatic N) is 1. The van der Waals surface area contributed by atoms with Crippen molar-refractivity contribution in [3.05, 3.63) is 0 Å². The zero-order valence-electron chi connectivity index (χ0n) is 8.77. The van der Waals surface area contributed by atoms with Crippen molar-refractivity contribution in [1.29, 1.82) is 0 Å². The van der Waals surface area contributed by atoms with Crippen LogP contribution >= 0.6 is 0 Å². The molecular weight excluding hydrogens is 196 g/mol.